The van der Waals surface area contributed by atoms with Crippen LogP contribution in [0.5, 0.6) is 0 Å². The maximum absolute atomic E-state index is 12.5. The smallest absolute Gasteiger partial charge is 0.265 e. The molecule has 1 aliphatic carbocycles. The van der Waals surface area contributed by atoms with Crippen LogP contribution in [0.1, 0.15) is 39.1 Å². The summed E-state index contributed by atoms with van der Waals surface area (Å²) in [6, 6.07) is 12.0. The zero-order valence-corrected chi connectivity index (χ0v) is 14.2. The van der Waals surface area contributed by atoms with Crippen LogP contribution in [0.2, 0.25) is 0 Å². The highest BCUT2D eigenvalue weighted by Gasteiger charge is 2.28. The van der Waals surface area contributed by atoms with Crippen molar-refractivity contribution in [3.05, 3.63) is 58.2 Å². The molecule has 0 radical (unpaired) electrons. The summed E-state index contributed by atoms with van der Waals surface area (Å²) in [5, 5.41) is 8.45. The molecule has 122 valence electrons. The largest absolute Gasteiger partial charge is 0.335 e. The number of carbonyl (C=O) groups is 1. The zero-order valence-electron chi connectivity index (χ0n) is 13.4. The SMILES string of the molecule is CN(Cc1cc(-c2ccccc2)n[nH]1)C(=O)c1cnc(C2CC2)s1. The second-order valence-electron chi connectivity index (χ2n) is 6.14. The van der Waals surface area contributed by atoms with E-state index < -0.39 is 0 Å². The normalized spacial score (nSPS) is 13.9. The van der Waals surface area contributed by atoms with E-state index in [0.29, 0.717) is 17.3 Å². The Morgan fingerprint density at radius 3 is 2.88 bits per heavy atom. The lowest BCUT2D eigenvalue weighted by molar-refractivity contribution is 0.0788. The van der Waals surface area contributed by atoms with Crippen LogP contribution in [0.4, 0.5) is 0 Å². The summed E-state index contributed by atoms with van der Waals surface area (Å²) >= 11 is 1.52. The van der Waals surface area contributed by atoms with E-state index in [1.54, 1.807) is 11.1 Å². The first-order valence-corrected chi connectivity index (χ1v) is 8.83. The minimum absolute atomic E-state index is 0.00950. The van der Waals surface area contributed by atoms with Gasteiger partial charge in [0.1, 0.15) is 4.88 Å². The van der Waals surface area contributed by atoms with Gasteiger partial charge in [-0.25, -0.2) is 4.98 Å². The number of amides is 1. The quantitative estimate of drug-likeness (QED) is 0.772. The number of aromatic nitrogens is 3. The number of H-pyrrole nitrogens is 1. The Balaban J connectivity index is 1.44. The first kappa shape index (κ1) is 15.1. The monoisotopic (exact) mass is 338 g/mol. The minimum atomic E-state index is 0.00950. The molecule has 2 aromatic heterocycles. The summed E-state index contributed by atoms with van der Waals surface area (Å²) in [5.41, 5.74) is 2.86. The molecule has 5 nitrogen and oxygen atoms in total. The van der Waals surface area contributed by atoms with Gasteiger partial charge in [0, 0.05) is 18.5 Å². The summed E-state index contributed by atoms with van der Waals surface area (Å²) in [7, 11) is 1.81. The predicted molar refractivity (Wildman–Crippen MR) is 93.9 cm³/mol. The molecule has 0 aliphatic heterocycles. The summed E-state index contributed by atoms with van der Waals surface area (Å²) in [6.45, 7) is 0.495. The average Bonchev–Trinajstić information content (AvgIpc) is 3.16. The van der Waals surface area contributed by atoms with Crippen molar-refractivity contribution in [2.75, 3.05) is 7.05 Å². The number of carbonyl (C=O) groups excluding carboxylic acids is 1. The van der Waals surface area contributed by atoms with Crippen LogP contribution >= 0.6 is 11.3 Å². The van der Waals surface area contributed by atoms with Crippen LogP contribution < -0.4 is 0 Å². The molecule has 6 heteroatoms. The molecule has 3 aromatic rings. The maximum Gasteiger partial charge on any atom is 0.265 e. The predicted octanol–water partition coefficient (Wildman–Crippen LogP) is 3.68. The Hall–Kier alpha value is -2.47. The molecule has 1 saturated carbocycles. The highest BCUT2D eigenvalue weighted by Crippen LogP contribution is 2.41. The van der Waals surface area contributed by atoms with Crippen LogP contribution in [-0.4, -0.2) is 33.0 Å². The molecule has 0 atom stereocenters. The fourth-order valence-electron chi connectivity index (χ4n) is 2.62. The van der Waals surface area contributed by atoms with Gasteiger partial charge in [0.05, 0.1) is 29.1 Å². The second-order valence-corrected chi connectivity index (χ2v) is 7.20. The van der Waals surface area contributed by atoms with Gasteiger partial charge in [-0.1, -0.05) is 30.3 Å². The van der Waals surface area contributed by atoms with Crippen molar-refractivity contribution < 1.29 is 4.79 Å². The number of benzene rings is 1. The highest BCUT2D eigenvalue weighted by atomic mass is 32.1. The summed E-state index contributed by atoms with van der Waals surface area (Å²) in [6.07, 6.45) is 4.11. The van der Waals surface area contributed by atoms with Gasteiger partial charge in [0.2, 0.25) is 0 Å². The summed E-state index contributed by atoms with van der Waals surface area (Å²) in [4.78, 5) is 19.3. The number of hydrogen-bond donors (Lipinski definition) is 1. The van der Waals surface area contributed by atoms with E-state index in [1.807, 2.05) is 43.4 Å². The van der Waals surface area contributed by atoms with E-state index in [4.69, 9.17) is 0 Å². The van der Waals surface area contributed by atoms with Gasteiger partial charge in [-0.3, -0.25) is 9.89 Å². The van der Waals surface area contributed by atoms with Crippen molar-refractivity contribution in [1.82, 2.24) is 20.1 Å². The standard InChI is InChI=1S/C18H18N4OS/c1-22(18(23)16-10-19-17(24-16)13-7-8-13)11-14-9-15(21-20-14)12-5-3-2-4-6-12/h2-6,9-10,13H,7-8,11H2,1H3,(H,20,21). The Morgan fingerprint density at radius 2 is 2.12 bits per heavy atom. The molecule has 4 rings (SSSR count). The van der Waals surface area contributed by atoms with Crippen LogP contribution in [0.3, 0.4) is 0 Å². The molecule has 2 heterocycles. The molecular weight excluding hydrogens is 320 g/mol. The molecule has 0 bridgehead atoms. The van der Waals surface area contributed by atoms with Crippen molar-refractivity contribution in [2.45, 2.75) is 25.3 Å². The van der Waals surface area contributed by atoms with E-state index >= 15 is 0 Å². The number of nitrogens with zero attached hydrogens (tertiary/aromatic N) is 3. The molecule has 1 aliphatic rings. The van der Waals surface area contributed by atoms with Gasteiger partial charge in [0.25, 0.3) is 5.91 Å². The number of aromatic amines is 1. The lowest BCUT2D eigenvalue weighted by Gasteiger charge is -2.14. The van der Waals surface area contributed by atoms with Crippen LogP contribution in [-0.2, 0) is 6.54 Å². The third-order valence-corrected chi connectivity index (χ3v) is 5.26. The van der Waals surface area contributed by atoms with E-state index in [9.17, 15) is 4.79 Å². The van der Waals surface area contributed by atoms with E-state index in [0.717, 1.165) is 22.0 Å². The number of nitrogens with one attached hydrogen (secondary N) is 1. The van der Waals surface area contributed by atoms with Gasteiger partial charge < -0.3 is 4.90 Å². The summed E-state index contributed by atoms with van der Waals surface area (Å²) in [5.74, 6) is 0.596. The molecule has 24 heavy (non-hydrogen) atoms. The van der Waals surface area contributed by atoms with Crippen molar-refractivity contribution >= 4 is 17.2 Å². The lowest BCUT2D eigenvalue weighted by atomic mass is 10.1. The fraction of sp³-hybridized carbons (Fsp3) is 0.278. The number of rotatable bonds is 5. The van der Waals surface area contributed by atoms with Crippen LogP contribution in [0, 0.1) is 0 Å². The molecule has 1 aromatic carbocycles. The molecule has 1 fully saturated rings. The van der Waals surface area contributed by atoms with Crippen molar-refractivity contribution in [3.8, 4) is 11.3 Å². The number of thiazole rings is 1. The van der Waals surface area contributed by atoms with Gasteiger partial charge in [0.15, 0.2) is 0 Å². The molecule has 0 unspecified atom stereocenters. The Morgan fingerprint density at radius 1 is 1.33 bits per heavy atom. The second kappa shape index (κ2) is 6.20. The molecular formula is C18H18N4OS. The molecule has 0 saturated heterocycles. The van der Waals surface area contributed by atoms with Crippen molar-refractivity contribution in [1.29, 1.82) is 0 Å². The van der Waals surface area contributed by atoms with E-state index in [-0.39, 0.29) is 5.91 Å². The average molecular weight is 338 g/mol. The van der Waals surface area contributed by atoms with Gasteiger partial charge in [-0.05, 0) is 18.9 Å². The highest BCUT2D eigenvalue weighted by molar-refractivity contribution is 7.13. The maximum atomic E-state index is 12.5. The van der Waals surface area contributed by atoms with Crippen molar-refractivity contribution in [2.24, 2.45) is 0 Å². The van der Waals surface area contributed by atoms with Crippen LogP contribution in [0.25, 0.3) is 11.3 Å². The van der Waals surface area contributed by atoms with Crippen molar-refractivity contribution in [3.63, 3.8) is 0 Å². The third-order valence-electron chi connectivity index (χ3n) is 4.12. The summed E-state index contributed by atoms with van der Waals surface area (Å²) < 4.78 is 0. The minimum Gasteiger partial charge on any atom is -0.335 e. The van der Waals surface area contributed by atoms with E-state index in [1.165, 1.54) is 24.2 Å². The zero-order chi connectivity index (χ0) is 16.5. The number of hydrogen-bond acceptors (Lipinski definition) is 4. The first-order valence-electron chi connectivity index (χ1n) is 8.01. The van der Waals surface area contributed by atoms with Gasteiger partial charge >= 0.3 is 0 Å². The fourth-order valence-corrected chi connectivity index (χ4v) is 3.70. The Labute approximate surface area is 144 Å². The van der Waals surface area contributed by atoms with Gasteiger partial charge in [-0.2, -0.15) is 5.10 Å². The molecule has 1 amide bonds. The molecule has 1 N–H and O–H groups in total. The molecule has 0 spiro atoms. The van der Waals surface area contributed by atoms with Crippen LogP contribution in [0.15, 0.2) is 42.6 Å². The lowest BCUT2D eigenvalue weighted by Crippen LogP contribution is -2.25. The third kappa shape index (κ3) is 3.10. The van der Waals surface area contributed by atoms with Gasteiger partial charge in [-0.15, -0.1) is 11.3 Å². The Bertz CT molecular complexity index is 851. The topological polar surface area (TPSA) is 61.9 Å². The van der Waals surface area contributed by atoms with E-state index in [2.05, 4.69) is 15.2 Å². The Kier molecular flexibility index (Phi) is 3.90. The first-order chi connectivity index (χ1) is 11.7.